The van der Waals surface area contributed by atoms with E-state index < -0.39 is 5.91 Å². The molecule has 0 bridgehead atoms. The largest absolute Gasteiger partial charge is 0.322 e. The number of amides is 1. The summed E-state index contributed by atoms with van der Waals surface area (Å²) in [5.41, 5.74) is 2.69. The molecule has 4 aromatic rings. The molecule has 1 N–H and O–H groups in total. The van der Waals surface area contributed by atoms with E-state index in [9.17, 15) is 9.59 Å². The molecule has 0 saturated carbocycles. The molecule has 0 aliphatic carbocycles. The molecule has 0 aliphatic rings. The van der Waals surface area contributed by atoms with Gasteiger partial charge in [-0.1, -0.05) is 12.1 Å². The Morgan fingerprint density at radius 3 is 2.59 bits per heavy atom. The maximum absolute atomic E-state index is 12.3. The van der Waals surface area contributed by atoms with Crippen molar-refractivity contribution < 1.29 is 4.79 Å². The predicted octanol–water partition coefficient (Wildman–Crippen LogP) is 2.05. The van der Waals surface area contributed by atoms with Crippen LogP contribution in [0.25, 0.3) is 16.9 Å². The van der Waals surface area contributed by atoms with E-state index in [0.717, 1.165) is 11.3 Å². The van der Waals surface area contributed by atoms with Crippen LogP contribution in [0.5, 0.6) is 0 Å². The molecular weight excluding hydrogens is 344 g/mol. The highest BCUT2D eigenvalue weighted by molar-refractivity contribution is 6.04. The monoisotopic (exact) mass is 360 g/mol. The second-order valence-electron chi connectivity index (χ2n) is 6.11. The van der Waals surface area contributed by atoms with Gasteiger partial charge in [-0.15, -0.1) is 10.2 Å². The summed E-state index contributed by atoms with van der Waals surface area (Å²) in [4.78, 5) is 24.4. The highest BCUT2D eigenvalue weighted by atomic mass is 16.2. The summed E-state index contributed by atoms with van der Waals surface area (Å²) in [6, 6.07) is 14.1. The van der Waals surface area contributed by atoms with Gasteiger partial charge in [-0.2, -0.15) is 9.61 Å². The maximum atomic E-state index is 12.3. The summed E-state index contributed by atoms with van der Waals surface area (Å²) in [6.45, 7) is 1.84. The summed E-state index contributed by atoms with van der Waals surface area (Å²) < 4.78 is 3.04. The van der Waals surface area contributed by atoms with Crippen LogP contribution >= 0.6 is 0 Å². The van der Waals surface area contributed by atoms with Crippen LogP contribution in [0.2, 0.25) is 0 Å². The first-order valence-corrected chi connectivity index (χ1v) is 8.29. The minimum absolute atomic E-state index is 0.0966. The van der Waals surface area contributed by atoms with Gasteiger partial charge in [0.2, 0.25) is 0 Å². The van der Waals surface area contributed by atoms with Gasteiger partial charge in [-0.3, -0.25) is 9.59 Å². The van der Waals surface area contributed by atoms with Crippen LogP contribution < -0.4 is 10.9 Å². The molecule has 0 spiro atoms. The first-order valence-electron chi connectivity index (χ1n) is 8.29. The molecule has 3 aromatic heterocycles. The number of nitrogens with one attached hydrogen (secondary N) is 1. The lowest BCUT2D eigenvalue weighted by Gasteiger charge is -2.07. The zero-order valence-corrected chi connectivity index (χ0v) is 14.7. The van der Waals surface area contributed by atoms with E-state index in [0.29, 0.717) is 17.2 Å². The lowest BCUT2D eigenvalue weighted by atomic mass is 10.1. The van der Waals surface area contributed by atoms with Crippen molar-refractivity contribution in [3.8, 4) is 11.3 Å². The van der Waals surface area contributed by atoms with Crippen molar-refractivity contribution >= 4 is 17.2 Å². The Labute approximate surface area is 154 Å². The molecule has 3 heterocycles. The number of anilines is 1. The number of carbonyl (C=O) groups excluding carboxylic acids is 1. The number of hydrogen-bond donors (Lipinski definition) is 1. The maximum Gasteiger partial charge on any atom is 0.263 e. The van der Waals surface area contributed by atoms with Gasteiger partial charge in [0.05, 0.1) is 5.69 Å². The number of fused-ring (bicyclic) bond motifs is 1. The van der Waals surface area contributed by atoms with Crippen LogP contribution in [-0.2, 0) is 7.05 Å². The quantitative estimate of drug-likeness (QED) is 0.603. The molecule has 0 aliphatic heterocycles. The SMILES string of the molecule is Cc1nnc2ccc(-c3ccc(NC(=O)c4cccn(C)c4=O)cc3)nn12. The molecule has 4 rings (SSSR count). The summed E-state index contributed by atoms with van der Waals surface area (Å²) in [5.74, 6) is 0.267. The summed E-state index contributed by atoms with van der Waals surface area (Å²) in [7, 11) is 1.61. The molecule has 134 valence electrons. The van der Waals surface area contributed by atoms with Gasteiger partial charge < -0.3 is 9.88 Å². The molecule has 0 unspecified atom stereocenters. The normalized spacial score (nSPS) is 10.9. The Balaban J connectivity index is 1.58. The third kappa shape index (κ3) is 3.08. The Morgan fingerprint density at radius 2 is 1.81 bits per heavy atom. The van der Waals surface area contributed by atoms with Crippen LogP contribution in [-0.4, -0.2) is 30.3 Å². The fourth-order valence-corrected chi connectivity index (χ4v) is 2.74. The smallest absolute Gasteiger partial charge is 0.263 e. The first kappa shape index (κ1) is 16.6. The number of pyridine rings is 1. The average Bonchev–Trinajstić information content (AvgIpc) is 3.05. The van der Waals surface area contributed by atoms with Crippen LogP contribution in [0, 0.1) is 6.92 Å². The minimum atomic E-state index is -0.441. The van der Waals surface area contributed by atoms with E-state index in [1.54, 1.807) is 36.0 Å². The van der Waals surface area contributed by atoms with Crippen LogP contribution in [0.4, 0.5) is 5.69 Å². The number of aromatic nitrogens is 5. The Hall–Kier alpha value is -3.81. The van der Waals surface area contributed by atoms with Crippen molar-refractivity contribution in [3.05, 3.63) is 76.5 Å². The molecule has 0 atom stereocenters. The molecule has 0 radical (unpaired) electrons. The van der Waals surface area contributed by atoms with Crippen molar-refractivity contribution in [3.63, 3.8) is 0 Å². The van der Waals surface area contributed by atoms with E-state index in [-0.39, 0.29) is 11.1 Å². The van der Waals surface area contributed by atoms with Crippen molar-refractivity contribution in [2.75, 3.05) is 5.32 Å². The van der Waals surface area contributed by atoms with E-state index in [1.165, 1.54) is 10.6 Å². The number of rotatable bonds is 3. The fourth-order valence-electron chi connectivity index (χ4n) is 2.74. The lowest BCUT2D eigenvalue weighted by molar-refractivity contribution is 0.102. The molecule has 1 aromatic carbocycles. The Kier molecular flexibility index (Phi) is 4.00. The second-order valence-corrected chi connectivity index (χ2v) is 6.11. The van der Waals surface area contributed by atoms with E-state index in [4.69, 9.17) is 0 Å². The number of hydrogen-bond acceptors (Lipinski definition) is 5. The van der Waals surface area contributed by atoms with Crippen molar-refractivity contribution in [1.29, 1.82) is 0 Å². The first-order chi connectivity index (χ1) is 13.0. The molecular formula is C19H16N6O2. The number of nitrogens with zero attached hydrogens (tertiary/aromatic N) is 5. The highest BCUT2D eigenvalue weighted by Gasteiger charge is 2.11. The van der Waals surface area contributed by atoms with Crippen LogP contribution in [0.1, 0.15) is 16.2 Å². The van der Waals surface area contributed by atoms with Crippen LogP contribution in [0.3, 0.4) is 0 Å². The van der Waals surface area contributed by atoms with Gasteiger partial charge in [0.1, 0.15) is 5.56 Å². The lowest BCUT2D eigenvalue weighted by Crippen LogP contribution is -2.26. The summed E-state index contributed by atoms with van der Waals surface area (Å²) >= 11 is 0. The molecule has 27 heavy (non-hydrogen) atoms. The Morgan fingerprint density at radius 1 is 1.04 bits per heavy atom. The van der Waals surface area contributed by atoms with Crippen LogP contribution in [0.15, 0.2) is 59.5 Å². The molecule has 0 saturated heterocycles. The number of benzene rings is 1. The third-order valence-electron chi connectivity index (χ3n) is 4.23. The van der Waals surface area contributed by atoms with Gasteiger partial charge >= 0.3 is 0 Å². The van der Waals surface area contributed by atoms with Gasteiger partial charge in [0, 0.05) is 24.5 Å². The summed E-state index contributed by atoms with van der Waals surface area (Å²) in [5, 5.41) is 15.3. The third-order valence-corrected chi connectivity index (χ3v) is 4.23. The van der Waals surface area contributed by atoms with E-state index in [1.807, 2.05) is 31.2 Å². The predicted molar refractivity (Wildman–Crippen MR) is 101 cm³/mol. The second kappa shape index (κ2) is 6.49. The zero-order valence-electron chi connectivity index (χ0n) is 14.7. The average molecular weight is 360 g/mol. The summed E-state index contributed by atoms with van der Waals surface area (Å²) in [6.07, 6.45) is 1.61. The molecule has 8 heteroatoms. The Bertz CT molecular complexity index is 1210. The number of aryl methyl sites for hydroxylation is 2. The van der Waals surface area contributed by atoms with Crippen molar-refractivity contribution in [2.24, 2.45) is 7.05 Å². The van der Waals surface area contributed by atoms with Gasteiger partial charge in [-0.25, -0.2) is 0 Å². The molecule has 1 amide bonds. The molecule has 0 fully saturated rings. The fraction of sp³-hybridized carbons (Fsp3) is 0.105. The minimum Gasteiger partial charge on any atom is -0.322 e. The van der Waals surface area contributed by atoms with Crippen molar-refractivity contribution in [2.45, 2.75) is 6.92 Å². The van der Waals surface area contributed by atoms with E-state index >= 15 is 0 Å². The topological polar surface area (TPSA) is 94.2 Å². The number of carbonyl (C=O) groups is 1. The zero-order chi connectivity index (χ0) is 19.0. The molecule has 8 nitrogen and oxygen atoms in total. The van der Waals surface area contributed by atoms with Gasteiger partial charge in [-0.05, 0) is 43.3 Å². The standard InChI is InChI=1S/C19H16N6O2/c1-12-21-22-17-10-9-16(23-25(12)17)13-5-7-14(8-6-13)20-18(26)15-4-3-11-24(2)19(15)27/h3-11H,1-2H3,(H,20,26). The van der Waals surface area contributed by atoms with E-state index in [2.05, 4.69) is 20.6 Å². The van der Waals surface area contributed by atoms with Gasteiger partial charge in [0.25, 0.3) is 11.5 Å². The van der Waals surface area contributed by atoms with Crippen molar-refractivity contribution in [1.82, 2.24) is 24.4 Å². The highest BCUT2D eigenvalue weighted by Crippen LogP contribution is 2.20. The van der Waals surface area contributed by atoms with Gasteiger partial charge in [0.15, 0.2) is 11.5 Å².